The van der Waals surface area contributed by atoms with E-state index in [4.69, 9.17) is 21.4 Å². The zero-order chi connectivity index (χ0) is 13.8. The van der Waals surface area contributed by atoms with Gasteiger partial charge in [0.15, 0.2) is 0 Å². The Morgan fingerprint density at radius 2 is 1.89 bits per heavy atom. The molecule has 0 spiro atoms. The minimum absolute atomic E-state index is 0.291. The molecule has 0 fully saturated rings. The van der Waals surface area contributed by atoms with Crippen molar-refractivity contribution in [3.05, 3.63) is 64.2 Å². The van der Waals surface area contributed by atoms with Crippen LogP contribution in [0.4, 0.5) is 0 Å². The number of carboxylic acid groups (broad SMARTS) is 1. The van der Waals surface area contributed by atoms with Crippen LogP contribution < -0.4 is 4.74 Å². The number of ether oxygens (including phenoxy) is 1. The van der Waals surface area contributed by atoms with Gasteiger partial charge in [-0.05, 0) is 48.4 Å². The van der Waals surface area contributed by atoms with Crippen molar-refractivity contribution < 1.29 is 14.6 Å². The highest BCUT2D eigenvalue weighted by molar-refractivity contribution is 6.30. The highest BCUT2D eigenvalue weighted by Gasteiger charge is 2.07. The minimum atomic E-state index is -0.929. The first kappa shape index (κ1) is 13.4. The van der Waals surface area contributed by atoms with Gasteiger partial charge in [-0.3, -0.25) is 0 Å². The molecule has 98 valence electrons. The number of hydrogen-bond acceptors (Lipinski definition) is 2. The zero-order valence-corrected chi connectivity index (χ0v) is 11.1. The maximum atomic E-state index is 10.9. The van der Waals surface area contributed by atoms with E-state index >= 15 is 0 Å². The fourth-order valence-electron chi connectivity index (χ4n) is 1.71. The first-order chi connectivity index (χ1) is 9.06. The third-order valence-electron chi connectivity index (χ3n) is 2.75. The Bertz CT molecular complexity index is 591. The minimum Gasteiger partial charge on any atom is -0.489 e. The molecule has 19 heavy (non-hydrogen) atoms. The van der Waals surface area contributed by atoms with Gasteiger partial charge in [0, 0.05) is 5.02 Å². The molecule has 2 aromatic rings. The molecule has 1 N–H and O–H groups in total. The monoisotopic (exact) mass is 276 g/mol. The molecule has 0 radical (unpaired) electrons. The second-order valence-corrected chi connectivity index (χ2v) is 4.63. The predicted octanol–water partition coefficient (Wildman–Crippen LogP) is 3.93. The van der Waals surface area contributed by atoms with Gasteiger partial charge in [-0.25, -0.2) is 4.79 Å². The summed E-state index contributed by atoms with van der Waals surface area (Å²) < 4.78 is 5.61. The molecule has 0 aliphatic carbocycles. The van der Waals surface area contributed by atoms with Crippen LogP contribution in [-0.2, 0) is 6.61 Å². The summed E-state index contributed by atoms with van der Waals surface area (Å²) in [6.07, 6.45) is 0. The van der Waals surface area contributed by atoms with Gasteiger partial charge >= 0.3 is 5.97 Å². The second kappa shape index (κ2) is 5.76. The Morgan fingerprint density at radius 3 is 2.47 bits per heavy atom. The zero-order valence-electron chi connectivity index (χ0n) is 10.4. The van der Waals surface area contributed by atoms with Crippen molar-refractivity contribution in [3.8, 4) is 5.75 Å². The van der Waals surface area contributed by atoms with Crippen LogP contribution in [0.5, 0.6) is 5.75 Å². The molecule has 0 bridgehead atoms. The Hall–Kier alpha value is -2.00. The van der Waals surface area contributed by atoms with Gasteiger partial charge in [-0.1, -0.05) is 23.7 Å². The molecule has 0 aromatic heterocycles. The van der Waals surface area contributed by atoms with Gasteiger partial charge in [-0.2, -0.15) is 0 Å². The maximum Gasteiger partial charge on any atom is 0.335 e. The number of halogens is 1. The van der Waals surface area contributed by atoms with E-state index < -0.39 is 5.97 Å². The van der Waals surface area contributed by atoms with Crippen LogP contribution in [-0.4, -0.2) is 11.1 Å². The number of aryl methyl sites for hydroxylation is 1. The lowest BCUT2D eigenvalue weighted by atomic mass is 10.1. The van der Waals surface area contributed by atoms with Crippen molar-refractivity contribution in [2.45, 2.75) is 13.5 Å². The Labute approximate surface area is 116 Å². The quantitative estimate of drug-likeness (QED) is 0.920. The molecule has 4 heteroatoms. The van der Waals surface area contributed by atoms with Crippen LogP contribution >= 0.6 is 11.6 Å². The highest BCUT2D eigenvalue weighted by atomic mass is 35.5. The van der Waals surface area contributed by atoms with Gasteiger partial charge in [0.1, 0.15) is 12.4 Å². The number of carbonyl (C=O) groups is 1. The summed E-state index contributed by atoms with van der Waals surface area (Å²) in [5.74, 6) is -0.279. The molecule has 2 rings (SSSR count). The van der Waals surface area contributed by atoms with E-state index in [0.29, 0.717) is 28.5 Å². The van der Waals surface area contributed by atoms with Crippen molar-refractivity contribution in [1.82, 2.24) is 0 Å². The molecule has 3 nitrogen and oxygen atoms in total. The first-order valence-corrected chi connectivity index (χ1v) is 6.15. The Kier molecular flexibility index (Phi) is 4.07. The topological polar surface area (TPSA) is 46.5 Å². The summed E-state index contributed by atoms with van der Waals surface area (Å²) in [5, 5.41) is 9.62. The van der Waals surface area contributed by atoms with Crippen molar-refractivity contribution >= 4 is 17.6 Å². The van der Waals surface area contributed by atoms with E-state index in [9.17, 15) is 4.79 Å². The lowest BCUT2D eigenvalue weighted by molar-refractivity contribution is 0.0696. The number of aromatic carboxylic acids is 1. The van der Waals surface area contributed by atoms with Gasteiger partial charge < -0.3 is 9.84 Å². The van der Waals surface area contributed by atoms with Crippen molar-refractivity contribution in [3.63, 3.8) is 0 Å². The fourth-order valence-corrected chi connectivity index (χ4v) is 1.84. The number of carboxylic acids is 1. The maximum absolute atomic E-state index is 10.9. The van der Waals surface area contributed by atoms with Crippen LogP contribution in [0.2, 0.25) is 5.02 Å². The molecular formula is C15H13ClO3. The normalized spacial score (nSPS) is 10.2. The molecule has 0 aliphatic heterocycles. The number of benzene rings is 2. The van der Waals surface area contributed by atoms with E-state index in [1.54, 1.807) is 37.3 Å². The smallest absolute Gasteiger partial charge is 0.335 e. The largest absolute Gasteiger partial charge is 0.489 e. The SMILES string of the molecule is Cc1cc(OCc2ccc(Cl)cc2)ccc1C(=O)O. The standard InChI is InChI=1S/C15H13ClO3/c1-10-8-13(6-7-14(10)15(17)18)19-9-11-2-4-12(16)5-3-11/h2-8H,9H2,1H3,(H,17,18). The molecule has 2 aromatic carbocycles. The molecular weight excluding hydrogens is 264 g/mol. The lowest BCUT2D eigenvalue weighted by Gasteiger charge is -2.08. The third kappa shape index (κ3) is 3.48. The first-order valence-electron chi connectivity index (χ1n) is 5.77. The Morgan fingerprint density at radius 1 is 1.21 bits per heavy atom. The number of rotatable bonds is 4. The van der Waals surface area contributed by atoms with Crippen LogP contribution in [0.15, 0.2) is 42.5 Å². The summed E-state index contributed by atoms with van der Waals surface area (Å²) in [6, 6.07) is 12.3. The van der Waals surface area contributed by atoms with Crippen molar-refractivity contribution in [2.75, 3.05) is 0 Å². The molecule has 0 saturated carbocycles. The van der Waals surface area contributed by atoms with Gasteiger partial charge in [0.2, 0.25) is 0 Å². The average Bonchev–Trinajstić information content (AvgIpc) is 2.37. The molecule has 0 aliphatic rings. The predicted molar refractivity (Wildman–Crippen MR) is 73.9 cm³/mol. The van der Waals surface area contributed by atoms with Crippen LogP contribution in [0.25, 0.3) is 0 Å². The Balaban J connectivity index is 2.06. The van der Waals surface area contributed by atoms with Crippen molar-refractivity contribution in [1.29, 1.82) is 0 Å². The summed E-state index contributed by atoms with van der Waals surface area (Å²) in [7, 11) is 0. The van der Waals surface area contributed by atoms with Crippen LogP contribution in [0, 0.1) is 6.92 Å². The van der Waals surface area contributed by atoms with E-state index in [-0.39, 0.29) is 0 Å². The lowest BCUT2D eigenvalue weighted by Crippen LogP contribution is -2.01. The van der Waals surface area contributed by atoms with E-state index in [2.05, 4.69) is 0 Å². The molecule has 0 amide bonds. The summed E-state index contributed by atoms with van der Waals surface area (Å²) >= 11 is 5.80. The second-order valence-electron chi connectivity index (χ2n) is 4.20. The van der Waals surface area contributed by atoms with Gasteiger partial charge in [0.05, 0.1) is 5.56 Å². The summed E-state index contributed by atoms with van der Waals surface area (Å²) in [6.45, 7) is 2.17. The fraction of sp³-hybridized carbons (Fsp3) is 0.133. The molecule has 0 saturated heterocycles. The molecule has 0 unspecified atom stereocenters. The molecule has 0 heterocycles. The van der Waals surface area contributed by atoms with E-state index in [1.165, 1.54) is 0 Å². The van der Waals surface area contributed by atoms with Gasteiger partial charge in [0.25, 0.3) is 0 Å². The summed E-state index contributed by atoms with van der Waals surface area (Å²) in [4.78, 5) is 10.9. The molecule has 0 atom stereocenters. The average molecular weight is 277 g/mol. The number of hydrogen-bond donors (Lipinski definition) is 1. The van der Waals surface area contributed by atoms with Gasteiger partial charge in [-0.15, -0.1) is 0 Å². The van der Waals surface area contributed by atoms with Crippen LogP contribution in [0.3, 0.4) is 0 Å². The van der Waals surface area contributed by atoms with E-state index in [1.807, 2.05) is 12.1 Å². The van der Waals surface area contributed by atoms with Crippen molar-refractivity contribution in [2.24, 2.45) is 0 Å². The van der Waals surface area contributed by atoms with Crippen LogP contribution in [0.1, 0.15) is 21.5 Å². The third-order valence-corrected chi connectivity index (χ3v) is 3.00. The highest BCUT2D eigenvalue weighted by Crippen LogP contribution is 2.19. The van der Waals surface area contributed by atoms with E-state index in [0.717, 1.165) is 5.56 Å². The summed E-state index contributed by atoms with van der Waals surface area (Å²) in [5.41, 5.74) is 1.98.